The third kappa shape index (κ3) is 1.83. The summed E-state index contributed by atoms with van der Waals surface area (Å²) in [6.45, 7) is 9.82. The summed E-state index contributed by atoms with van der Waals surface area (Å²) >= 11 is 0. The van der Waals surface area contributed by atoms with Gasteiger partial charge in [-0.2, -0.15) is 0 Å². The number of likely N-dealkylation sites (tertiary alicyclic amines) is 1. The second-order valence-corrected chi connectivity index (χ2v) is 8.04. The molecule has 4 atom stereocenters. The molecule has 0 amide bonds. The van der Waals surface area contributed by atoms with Crippen molar-refractivity contribution in [2.75, 3.05) is 0 Å². The van der Waals surface area contributed by atoms with Gasteiger partial charge in [0.2, 0.25) is 0 Å². The van der Waals surface area contributed by atoms with E-state index in [0.717, 1.165) is 23.4 Å². The lowest BCUT2D eigenvalue weighted by Crippen LogP contribution is -2.51. The molecule has 110 valence electrons. The van der Waals surface area contributed by atoms with Crippen LogP contribution in [-0.4, -0.2) is 22.5 Å². The highest BCUT2D eigenvalue weighted by Crippen LogP contribution is 2.62. The Morgan fingerprint density at radius 2 is 1.79 bits per heavy atom. The topological polar surface area (TPSA) is 3.24 Å². The van der Waals surface area contributed by atoms with Crippen LogP contribution in [0.2, 0.25) is 0 Å². The van der Waals surface area contributed by atoms with Gasteiger partial charge >= 0.3 is 0 Å². The molecule has 3 rings (SSSR count). The van der Waals surface area contributed by atoms with E-state index in [2.05, 4.69) is 32.6 Å². The molecule has 2 saturated carbocycles. The molecule has 1 aliphatic heterocycles. The Morgan fingerprint density at radius 3 is 2.47 bits per heavy atom. The van der Waals surface area contributed by atoms with Crippen LogP contribution in [0, 0.1) is 11.3 Å². The Kier molecular flexibility index (Phi) is 3.48. The fourth-order valence-electron chi connectivity index (χ4n) is 6.05. The van der Waals surface area contributed by atoms with E-state index in [1.807, 2.05) is 0 Å². The second kappa shape index (κ2) is 4.76. The summed E-state index contributed by atoms with van der Waals surface area (Å²) in [7, 11) is 0. The molecular weight excluding hydrogens is 230 g/mol. The Morgan fingerprint density at radius 1 is 1.05 bits per heavy atom. The Hall–Kier alpha value is -0.0400. The van der Waals surface area contributed by atoms with Gasteiger partial charge in [-0.1, -0.05) is 33.1 Å². The Balaban J connectivity index is 2.00. The van der Waals surface area contributed by atoms with Crippen molar-refractivity contribution < 1.29 is 0 Å². The minimum absolute atomic E-state index is 0.403. The standard InChI is InChI=1S/C18H33N/c1-5-15-14-10-7-8-12-18(14)13-9-11-16(18)19(15)17(3,4)6-2/h14-16H,5-13H2,1-4H3. The summed E-state index contributed by atoms with van der Waals surface area (Å²) < 4.78 is 0. The number of nitrogens with zero attached hydrogens (tertiary/aromatic N) is 1. The minimum Gasteiger partial charge on any atom is -0.291 e. The van der Waals surface area contributed by atoms with Crippen LogP contribution < -0.4 is 0 Å². The van der Waals surface area contributed by atoms with E-state index in [0.29, 0.717) is 5.54 Å². The zero-order chi connectivity index (χ0) is 13.7. The first kappa shape index (κ1) is 13.9. The third-order valence-corrected chi connectivity index (χ3v) is 7.07. The van der Waals surface area contributed by atoms with E-state index in [1.54, 1.807) is 0 Å². The average Bonchev–Trinajstić information content (AvgIpc) is 2.91. The highest BCUT2D eigenvalue weighted by molar-refractivity contribution is 5.15. The van der Waals surface area contributed by atoms with Crippen molar-refractivity contribution in [1.29, 1.82) is 0 Å². The van der Waals surface area contributed by atoms with Crippen LogP contribution in [0.25, 0.3) is 0 Å². The van der Waals surface area contributed by atoms with E-state index >= 15 is 0 Å². The minimum atomic E-state index is 0.403. The van der Waals surface area contributed by atoms with Gasteiger partial charge in [-0.3, -0.25) is 4.90 Å². The van der Waals surface area contributed by atoms with Crippen LogP contribution in [0.1, 0.15) is 85.5 Å². The van der Waals surface area contributed by atoms with E-state index in [4.69, 9.17) is 0 Å². The molecule has 19 heavy (non-hydrogen) atoms. The SMILES string of the molecule is CCC1C2CCCCC23CCCC3N1C(C)(C)CC. The molecule has 0 aromatic carbocycles. The lowest BCUT2D eigenvalue weighted by Gasteiger charge is -2.44. The first-order chi connectivity index (χ1) is 9.07. The quantitative estimate of drug-likeness (QED) is 0.692. The molecule has 1 saturated heterocycles. The normalized spacial score (nSPS) is 43.3. The maximum Gasteiger partial charge on any atom is 0.0163 e. The largest absolute Gasteiger partial charge is 0.291 e. The van der Waals surface area contributed by atoms with Gasteiger partial charge < -0.3 is 0 Å². The van der Waals surface area contributed by atoms with Gasteiger partial charge in [0.25, 0.3) is 0 Å². The second-order valence-electron chi connectivity index (χ2n) is 8.04. The molecule has 3 fully saturated rings. The summed E-state index contributed by atoms with van der Waals surface area (Å²) in [5.41, 5.74) is 1.13. The van der Waals surface area contributed by atoms with Gasteiger partial charge in [-0.05, 0) is 63.7 Å². The zero-order valence-electron chi connectivity index (χ0n) is 13.5. The predicted octanol–water partition coefficient (Wildman–Crippen LogP) is 5.00. The van der Waals surface area contributed by atoms with Crippen LogP contribution in [0.5, 0.6) is 0 Å². The molecule has 2 aliphatic carbocycles. The van der Waals surface area contributed by atoms with Gasteiger partial charge in [0.15, 0.2) is 0 Å². The van der Waals surface area contributed by atoms with Crippen molar-refractivity contribution in [3.05, 3.63) is 0 Å². The molecule has 1 nitrogen and oxygen atoms in total. The third-order valence-electron chi connectivity index (χ3n) is 7.07. The van der Waals surface area contributed by atoms with E-state index in [9.17, 15) is 0 Å². The van der Waals surface area contributed by atoms with Crippen LogP contribution in [0.4, 0.5) is 0 Å². The number of hydrogen-bond acceptors (Lipinski definition) is 1. The summed E-state index contributed by atoms with van der Waals surface area (Å²) in [4.78, 5) is 3.01. The lowest BCUT2D eigenvalue weighted by molar-refractivity contribution is 0.0412. The fourth-order valence-corrected chi connectivity index (χ4v) is 6.05. The summed E-state index contributed by atoms with van der Waals surface area (Å²) in [6, 6.07) is 1.79. The zero-order valence-corrected chi connectivity index (χ0v) is 13.5. The molecule has 4 unspecified atom stereocenters. The van der Waals surface area contributed by atoms with Gasteiger partial charge in [-0.25, -0.2) is 0 Å². The van der Waals surface area contributed by atoms with Crippen molar-refractivity contribution in [2.24, 2.45) is 11.3 Å². The van der Waals surface area contributed by atoms with Crippen molar-refractivity contribution in [1.82, 2.24) is 4.90 Å². The molecule has 1 spiro atoms. The molecule has 0 radical (unpaired) electrons. The van der Waals surface area contributed by atoms with E-state index in [-0.39, 0.29) is 0 Å². The highest BCUT2D eigenvalue weighted by atomic mass is 15.3. The fraction of sp³-hybridized carbons (Fsp3) is 1.00. The van der Waals surface area contributed by atoms with Crippen molar-refractivity contribution >= 4 is 0 Å². The summed E-state index contributed by atoms with van der Waals surface area (Å²) in [5, 5.41) is 0. The molecular formula is C18H33N. The number of rotatable bonds is 3. The molecule has 3 aliphatic rings. The molecule has 1 heterocycles. The van der Waals surface area contributed by atoms with E-state index in [1.165, 1.54) is 57.8 Å². The first-order valence-electron chi connectivity index (χ1n) is 8.85. The van der Waals surface area contributed by atoms with Gasteiger partial charge in [0.1, 0.15) is 0 Å². The summed E-state index contributed by atoms with van der Waals surface area (Å²) in [5.74, 6) is 1.02. The smallest absolute Gasteiger partial charge is 0.0163 e. The molecule has 0 N–H and O–H groups in total. The molecule has 1 heteroatoms. The van der Waals surface area contributed by atoms with Gasteiger partial charge in [0, 0.05) is 17.6 Å². The van der Waals surface area contributed by atoms with Crippen molar-refractivity contribution in [3.63, 3.8) is 0 Å². The van der Waals surface area contributed by atoms with Crippen molar-refractivity contribution in [2.45, 2.75) is 103 Å². The lowest BCUT2D eigenvalue weighted by atomic mass is 9.64. The first-order valence-corrected chi connectivity index (χ1v) is 8.85. The van der Waals surface area contributed by atoms with Crippen LogP contribution >= 0.6 is 0 Å². The van der Waals surface area contributed by atoms with Gasteiger partial charge in [0.05, 0.1) is 0 Å². The number of hydrogen-bond donors (Lipinski definition) is 0. The highest BCUT2D eigenvalue weighted by Gasteiger charge is 2.62. The molecule has 0 aromatic heterocycles. The average molecular weight is 263 g/mol. The Bertz CT molecular complexity index is 335. The predicted molar refractivity (Wildman–Crippen MR) is 82.3 cm³/mol. The van der Waals surface area contributed by atoms with Crippen LogP contribution in [-0.2, 0) is 0 Å². The maximum atomic E-state index is 3.01. The van der Waals surface area contributed by atoms with E-state index < -0.39 is 0 Å². The van der Waals surface area contributed by atoms with Crippen molar-refractivity contribution in [3.8, 4) is 0 Å². The monoisotopic (exact) mass is 263 g/mol. The Labute approximate surface area is 120 Å². The summed E-state index contributed by atoms with van der Waals surface area (Å²) in [6.07, 6.45) is 13.2. The van der Waals surface area contributed by atoms with Crippen LogP contribution in [0.15, 0.2) is 0 Å². The molecule has 0 bridgehead atoms. The van der Waals surface area contributed by atoms with Gasteiger partial charge in [-0.15, -0.1) is 0 Å². The van der Waals surface area contributed by atoms with Crippen LogP contribution in [0.3, 0.4) is 0 Å². The maximum absolute atomic E-state index is 3.01. The molecule has 0 aromatic rings.